The predicted octanol–water partition coefficient (Wildman–Crippen LogP) is 4.15. The first-order chi connectivity index (χ1) is 8.11. The van der Waals surface area contributed by atoms with E-state index in [1.807, 2.05) is 23.9 Å². The summed E-state index contributed by atoms with van der Waals surface area (Å²) in [5, 5.41) is 4.62. The quantitative estimate of drug-likeness (QED) is 0.903. The summed E-state index contributed by atoms with van der Waals surface area (Å²) < 4.78 is 0.836. The zero-order valence-electron chi connectivity index (χ0n) is 10.1. The molecule has 17 heavy (non-hydrogen) atoms. The third-order valence-electron chi connectivity index (χ3n) is 3.09. The van der Waals surface area contributed by atoms with Crippen LogP contribution < -0.4 is 5.32 Å². The zero-order valence-corrected chi connectivity index (χ0v) is 12.5. The van der Waals surface area contributed by atoms with E-state index in [9.17, 15) is 0 Å². The number of hydrogen-bond donors (Lipinski definition) is 1. The summed E-state index contributed by atoms with van der Waals surface area (Å²) in [5.41, 5.74) is 0.219. The monoisotopic (exact) mass is 288 g/mol. The molecule has 1 saturated heterocycles. The molecule has 0 aromatic carbocycles. The van der Waals surface area contributed by atoms with Crippen molar-refractivity contribution in [2.45, 2.75) is 38.8 Å². The second-order valence-electron chi connectivity index (χ2n) is 4.46. The Kier molecular flexibility index (Phi) is 4.39. The molecule has 1 atom stereocenters. The Hall–Kier alpha value is -0.190. The molecule has 94 valence electrons. The van der Waals surface area contributed by atoms with E-state index in [-0.39, 0.29) is 5.54 Å². The number of rotatable bonds is 3. The molecule has 1 aliphatic rings. The van der Waals surface area contributed by atoms with Crippen molar-refractivity contribution in [3.05, 3.63) is 21.3 Å². The number of thiophene rings is 1. The van der Waals surface area contributed by atoms with Crippen LogP contribution >= 0.6 is 34.7 Å². The summed E-state index contributed by atoms with van der Waals surface area (Å²) in [6, 6.07) is 3.98. The number of hydrogen-bond acceptors (Lipinski definition) is 3. The molecule has 1 N–H and O–H groups in total. The van der Waals surface area contributed by atoms with Crippen molar-refractivity contribution in [2.75, 3.05) is 5.75 Å². The molecule has 2 rings (SSSR count). The van der Waals surface area contributed by atoms with Gasteiger partial charge in [0.2, 0.25) is 0 Å². The highest BCUT2D eigenvalue weighted by molar-refractivity contribution is 8.13. The molecule has 0 amide bonds. The summed E-state index contributed by atoms with van der Waals surface area (Å²) in [5.74, 6) is 1.15. The molecule has 1 aromatic rings. The topological polar surface area (TPSA) is 24.4 Å². The third-order valence-corrected chi connectivity index (χ3v) is 5.22. The average molecular weight is 289 g/mol. The van der Waals surface area contributed by atoms with Gasteiger partial charge in [-0.1, -0.05) is 30.3 Å². The molecule has 5 heteroatoms. The maximum absolute atomic E-state index is 5.90. The summed E-state index contributed by atoms with van der Waals surface area (Å²) >= 11 is 9.32. The van der Waals surface area contributed by atoms with Crippen LogP contribution in [0.2, 0.25) is 4.34 Å². The van der Waals surface area contributed by atoms with Crippen LogP contribution in [0.1, 0.15) is 31.6 Å². The van der Waals surface area contributed by atoms with Crippen molar-refractivity contribution in [3.8, 4) is 0 Å². The first-order valence-electron chi connectivity index (χ1n) is 5.81. The zero-order chi connectivity index (χ0) is 12.3. The second-order valence-corrected chi connectivity index (χ2v) is 7.35. The summed E-state index contributed by atoms with van der Waals surface area (Å²) in [4.78, 5) is 5.85. The molecule has 2 heterocycles. The number of amidine groups is 1. The molecule has 1 fully saturated rings. The van der Waals surface area contributed by atoms with Gasteiger partial charge in [-0.15, -0.1) is 11.3 Å². The van der Waals surface area contributed by atoms with E-state index in [0.717, 1.165) is 28.2 Å². The Morgan fingerprint density at radius 1 is 1.53 bits per heavy atom. The van der Waals surface area contributed by atoms with E-state index in [2.05, 4.69) is 24.2 Å². The second kappa shape index (κ2) is 5.63. The van der Waals surface area contributed by atoms with Gasteiger partial charge >= 0.3 is 0 Å². The predicted molar refractivity (Wildman–Crippen MR) is 79.4 cm³/mol. The molecular weight excluding hydrogens is 272 g/mol. The van der Waals surface area contributed by atoms with E-state index in [1.165, 1.54) is 11.3 Å². The molecule has 1 unspecified atom stereocenters. The van der Waals surface area contributed by atoms with Crippen LogP contribution in [0.3, 0.4) is 0 Å². The van der Waals surface area contributed by atoms with Crippen LogP contribution in [0, 0.1) is 0 Å². The first kappa shape index (κ1) is 13.2. The molecule has 1 aromatic heterocycles. The van der Waals surface area contributed by atoms with Crippen LogP contribution in [-0.4, -0.2) is 16.5 Å². The minimum Gasteiger partial charge on any atom is -0.360 e. The first-order valence-corrected chi connectivity index (χ1v) is 7.99. The van der Waals surface area contributed by atoms with E-state index in [1.54, 1.807) is 11.3 Å². The standard InChI is InChI=1S/C12H17ClN2S2/c1-3-12(2)6-7-16-11(15-12)14-8-9-4-5-10(13)17-9/h4-5H,3,6-8H2,1-2H3,(H,14,15). The minimum absolute atomic E-state index is 0.219. The maximum Gasteiger partial charge on any atom is 0.157 e. The number of thioether (sulfide) groups is 1. The van der Waals surface area contributed by atoms with Gasteiger partial charge in [0.25, 0.3) is 0 Å². The SMILES string of the molecule is CCC1(C)CCSC(=NCc2ccc(Cl)s2)N1. The summed E-state index contributed by atoms with van der Waals surface area (Å²) in [7, 11) is 0. The van der Waals surface area contributed by atoms with Crippen LogP contribution in [0.25, 0.3) is 0 Å². The van der Waals surface area contributed by atoms with Gasteiger partial charge in [0.15, 0.2) is 5.17 Å². The maximum atomic E-state index is 5.90. The lowest BCUT2D eigenvalue weighted by molar-refractivity contribution is 0.390. The Labute approximate surface area is 116 Å². The van der Waals surface area contributed by atoms with Crippen LogP contribution in [0.4, 0.5) is 0 Å². The van der Waals surface area contributed by atoms with E-state index < -0.39 is 0 Å². The highest BCUT2D eigenvalue weighted by atomic mass is 35.5. The lowest BCUT2D eigenvalue weighted by Crippen LogP contribution is -2.48. The van der Waals surface area contributed by atoms with Gasteiger partial charge in [-0.05, 0) is 31.9 Å². The van der Waals surface area contributed by atoms with Crippen LogP contribution in [0.5, 0.6) is 0 Å². The highest BCUT2D eigenvalue weighted by Crippen LogP contribution is 2.26. The Balaban J connectivity index is 1.97. The molecule has 0 spiro atoms. The van der Waals surface area contributed by atoms with Gasteiger partial charge in [0.05, 0.1) is 10.9 Å². The third kappa shape index (κ3) is 3.63. The smallest absolute Gasteiger partial charge is 0.157 e. The number of aliphatic imine (C=N–C) groups is 1. The molecular formula is C12H17ClN2S2. The molecule has 1 aliphatic heterocycles. The highest BCUT2D eigenvalue weighted by Gasteiger charge is 2.27. The fraction of sp³-hybridized carbons (Fsp3) is 0.583. The molecule has 0 aliphatic carbocycles. The largest absolute Gasteiger partial charge is 0.360 e. The van der Waals surface area contributed by atoms with Gasteiger partial charge in [0.1, 0.15) is 0 Å². The lowest BCUT2D eigenvalue weighted by Gasteiger charge is -2.35. The fourth-order valence-corrected chi connectivity index (χ4v) is 3.90. The number of nitrogens with one attached hydrogen (secondary N) is 1. The lowest BCUT2D eigenvalue weighted by atomic mass is 9.96. The fourth-order valence-electron chi connectivity index (χ4n) is 1.67. The van der Waals surface area contributed by atoms with Crippen LogP contribution in [-0.2, 0) is 6.54 Å². The van der Waals surface area contributed by atoms with E-state index >= 15 is 0 Å². The van der Waals surface area contributed by atoms with Gasteiger partial charge in [-0.25, -0.2) is 0 Å². The van der Waals surface area contributed by atoms with Crippen molar-refractivity contribution in [1.82, 2.24) is 5.32 Å². The number of halogens is 1. The normalized spacial score (nSPS) is 27.1. The van der Waals surface area contributed by atoms with Crippen LogP contribution in [0.15, 0.2) is 17.1 Å². The van der Waals surface area contributed by atoms with E-state index in [4.69, 9.17) is 11.6 Å². The number of nitrogens with zero attached hydrogens (tertiary/aromatic N) is 1. The molecule has 2 nitrogen and oxygen atoms in total. The van der Waals surface area contributed by atoms with Crippen molar-refractivity contribution in [2.24, 2.45) is 4.99 Å². The molecule has 0 radical (unpaired) electrons. The van der Waals surface area contributed by atoms with E-state index in [0.29, 0.717) is 0 Å². The van der Waals surface area contributed by atoms with Gasteiger partial charge in [-0.2, -0.15) is 0 Å². The van der Waals surface area contributed by atoms with Gasteiger partial charge < -0.3 is 5.32 Å². The van der Waals surface area contributed by atoms with Gasteiger partial charge in [0, 0.05) is 16.2 Å². The molecule has 0 bridgehead atoms. The summed E-state index contributed by atoms with van der Waals surface area (Å²) in [6.07, 6.45) is 2.34. The summed E-state index contributed by atoms with van der Waals surface area (Å²) in [6.45, 7) is 5.22. The Morgan fingerprint density at radius 3 is 3.00 bits per heavy atom. The Morgan fingerprint density at radius 2 is 2.35 bits per heavy atom. The van der Waals surface area contributed by atoms with Crippen molar-refractivity contribution in [1.29, 1.82) is 0 Å². The average Bonchev–Trinajstić information content (AvgIpc) is 2.73. The Bertz CT molecular complexity index is 416. The van der Waals surface area contributed by atoms with Crippen molar-refractivity contribution in [3.63, 3.8) is 0 Å². The molecule has 0 saturated carbocycles. The van der Waals surface area contributed by atoms with Gasteiger partial charge in [-0.3, -0.25) is 4.99 Å². The van der Waals surface area contributed by atoms with Crippen molar-refractivity contribution >= 4 is 39.9 Å². The minimum atomic E-state index is 0.219. The van der Waals surface area contributed by atoms with Crippen molar-refractivity contribution < 1.29 is 0 Å².